The highest BCUT2D eigenvalue weighted by molar-refractivity contribution is 6.55. The van der Waals surface area contributed by atoms with Crippen LogP contribution in [-0.2, 0) is 14.0 Å². The average Bonchev–Trinajstić information content (AvgIpc) is 2.88. The van der Waals surface area contributed by atoms with Gasteiger partial charge in [-0.05, 0) is 68.5 Å². The van der Waals surface area contributed by atoms with E-state index in [4.69, 9.17) is 14.0 Å². The molecule has 0 unspecified atom stereocenters. The SMILES string of the molecule is CCCOCCC(=C(F)B1OC(C)(C)C(C)(C)O1)c1ccc2ccccc2c1. The summed E-state index contributed by atoms with van der Waals surface area (Å²) in [6.45, 7) is 10.9. The molecule has 1 fully saturated rings. The van der Waals surface area contributed by atoms with Crippen LogP contribution in [0.4, 0.5) is 4.39 Å². The van der Waals surface area contributed by atoms with E-state index >= 15 is 4.39 Å². The highest BCUT2D eigenvalue weighted by Gasteiger charge is 2.53. The van der Waals surface area contributed by atoms with Gasteiger partial charge in [0.15, 0.2) is 0 Å². The Kier molecular flexibility index (Phi) is 6.28. The molecule has 0 aromatic heterocycles. The van der Waals surface area contributed by atoms with Gasteiger partial charge in [-0.1, -0.05) is 43.3 Å². The third-order valence-electron chi connectivity index (χ3n) is 5.69. The molecular formula is C23H30BFO3. The number of hydrogen-bond acceptors (Lipinski definition) is 3. The summed E-state index contributed by atoms with van der Waals surface area (Å²) in [5.74, 6) is 0. The van der Waals surface area contributed by atoms with E-state index in [9.17, 15) is 0 Å². The Morgan fingerprint density at radius 2 is 1.61 bits per heavy atom. The van der Waals surface area contributed by atoms with Gasteiger partial charge in [0.2, 0.25) is 0 Å². The summed E-state index contributed by atoms with van der Waals surface area (Å²) in [4.78, 5) is 0. The fraction of sp³-hybridized carbons (Fsp3) is 0.478. The van der Waals surface area contributed by atoms with Gasteiger partial charge in [0.05, 0.1) is 17.8 Å². The summed E-state index contributed by atoms with van der Waals surface area (Å²) in [7, 11) is -1.00. The Morgan fingerprint density at radius 3 is 2.25 bits per heavy atom. The minimum absolute atomic E-state index is 0.367. The number of fused-ring (bicyclic) bond motifs is 1. The molecule has 0 radical (unpaired) electrons. The number of hydrogen-bond donors (Lipinski definition) is 0. The number of benzene rings is 2. The Labute approximate surface area is 168 Å². The van der Waals surface area contributed by atoms with E-state index in [2.05, 4.69) is 13.0 Å². The van der Waals surface area contributed by atoms with Gasteiger partial charge in [-0.2, -0.15) is 0 Å². The van der Waals surface area contributed by atoms with Crippen LogP contribution in [0.25, 0.3) is 16.3 Å². The Morgan fingerprint density at radius 1 is 0.964 bits per heavy atom. The molecule has 0 amide bonds. The van der Waals surface area contributed by atoms with Gasteiger partial charge in [-0.25, -0.2) is 4.39 Å². The average molecular weight is 384 g/mol. The minimum Gasteiger partial charge on any atom is -0.398 e. The van der Waals surface area contributed by atoms with Crippen LogP contribution in [0.2, 0.25) is 0 Å². The van der Waals surface area contributed by atoms with Crippen molar-refractivity contribution in [3.05, 3.63) is 53.8 Å². The quantitative estimate of drug-likeness (QED) is 0.435. The van der Waals surface area contributed by atoms with Gasteiger partial charge in [-0.3, -0.25) is 0 Å². The number of rotatable bonds is 7. The zero-order valence-corrected chi connectivity index (χ0v) is 17.5. The summed E-state index contributed by atoms with van der Waals surface area (Å²) in [5, 5.41) is 2.21. The maximum absolute atomic E-state index is 15.6. The molecule has 0 N–H and O–H groups in total. The molecule has 0 bridgehead atoms. The molecule has 1 heterocycles. The first kappa shape index (κ1) is 21.0. The molecule has 1 saturated heterocycles. The van der Waals surface area contributed by atoms with Crippen molar-refractivity contribution in [1.82, 2.24) is 0 Å². The van der Waals surface area contributed by atoms with Crippen LogP contribution in [0.5, 0.6) is 0 Å². The molecular weight excluding hydrogens is 354 g/mol. The first-order valence-corrected chi connectivity index (χ1v) is 10.1. The Bertz CT molecular complexity index is 844. The summed E-state index contributed by atoms with van der Waals surface area (Å²) >= 11 is 0. The maximum atomic E-state index is 15.6. The van der Waals surface area contributed by atoms with E-state index in [0.29, 0.717) is 25.2 Å². The monoisotopic (exact) mass is 384 g/mol. The van der Waals surface area contributed by atoms with Gasteiger partial charge < -0.3 is 14.0 Å². The van der Waals surface area contributed by atoms with Crippen LogP contribution in [0.3, 0.4) is 0 Å². The van der Waals surface area contributed by atoms with Crippen molar-refractivity contribution in [2.75, 3.05) is 13.2 Å². The van der Waals surface area contributed by atoms with Crippen LogP contribution in [0, 0.1) is 0 Å². The Hall–Kier alpha value is -1.69. The minimum atomic E-state index is -1.00. The molecule has 3 rings (SSSR count). The number of ether oxygens (including phenoxy) is 1. The van der Waals surface area contributed by atoms with E-state index in [-0.39, 0.29) is 5.73 Å². The predicted octanol–water partition coefficient (Wildman–Crippen LogP) is 5.97. The largest absolute Gasteiger partial charge is 0.525 e. The second-order valence-corrected chi connectivity index (χ2v) is 8.34. The van der Waals surface area contributed by atoms with Crippen molar-refractivity contribution < 1.29 is 18.4 Å². The molecule has 2 aromatic carbocycles. The Balaban J connectivity index is 1.96. The summed E-state index contributed by atoms with van der Waals surface area (Å²) in [6, 6.07) is 14.1. The predicted molar refractivity (Wildman–Crippen MR) is 114 cm³/mol. The molecule has 3 nitrogen and oxygen atoms in total. The fourth-order valence-electron chi connectivity index (χ4n) is 3.29. The van der Waals surface area contributed by atoms with Gasteiger partial charge in [0.1, 0.15) is 5.73 Å². The molecule has 0 spiro atoms. The molecule has 150 valence electrons. The molecule has 0 saturated carbocycles. The van der Waals surface area contributed by atoms with Crippen LogP contribution < -0.4 is 0 Å². The highest BCUT2D eigenvalue weighted by atomic mass is 19.1. The fourth-order valence-corrected chi connectivity index (χ4v) is 3.29. The normalized spacial score (nSPS) is 19.1. The van der Waals surface area contributed by atoms with Crippen molar-refractivity contribution in [1.29, 1.82) is 0 Å². The van der Waals surface area contributed by atoms with Crippen molar-refractivity contribution in [3.8, 4) is 0 Å². The van der Waals surface area contributed by atoms with Crippen molar-refractivity contribution in [3.63, 3.8) is 0 Å². The van der Waals surface area contributed by atoms with E-state index < -0.39 is 18.3 Å². The van der Waals surface area contributed by atoms with Crippen LogP contribution in [0.1, 0.15) is 53.0 Å². The lowest BCUT2D eigenvalue weighted by atomic mass is 9.81. The molecule has 1 aliphatic rings. The summed E-state index contributed by atoms with van der Waals surface area (Å²) < 4.78 is 33.2. The summed E-state index contributed by atoms with van der Waals surface area (Å²) in [6.07, 6.45) is 1.41. The van der Waals surface area contributed by atoms with Crippen LogP contribution >= 0.6 is 0 Å². The second-order valence-electron chi connectivity index (χ2n) is 8.34. The third-order valence-corrected chi connectivity index (χ3v) is 5.69. The molecule has 2 aromatic rings. The van der Waals surface area contributed by atoms with Gasteiger partial charge in [-0.15, -0.1) is 0 Å². The first-order chi connectivity index (χ1) is 13.2. The summed E-state index contributed by atoms with van der Waals surface area (Å²) in [5.41, 5.74) is -0.106. The van der Waals surface area contributed by atoms with Crippen molar-refractivity contribution in [2.45, 2.75) is 58.7 Å². The van der Waals surface area contributed by atoms with Crippen LogP contribution in [0.15, 0.2) is 48.2 Å². The first-order valence-electron chi connectivity index (χ1n) is 10.1. The molecule has 0 aliphatic carbocycles. The van der Waals surface area contributed by atoms with Gasteiger partial charge >= 0.3 is 7.12 Å². The standard InChI is InChI=1S/C23H30BFO3/c1-6-14-26-15-13-20(19-12-11-17-9-7-8-10-18(17)16-19)21(25)24-27-22(2,3)23(4,5)28-24/h7-12,16H,6,13-15H2,1-5H3. The lowest BCUT2D eigenvalue weighted by molar-refractivity contribution is 0.00578. The third kappa shape index (κ3) is 4.32. The highest BCUT2D eigenvalue weighted by Crippen LogP contribution is 2.40. The van der Waals surface area contributed by atoms with E-state index in [1.54, 1.807) is 0 Å². The molecule has 28 heavy (non-hydrogen) atoms. The van der Waals surface area contributed by atoms with E-state index in [1.165, 1.54) is 0 Å². The van der Waals surface area contributed by atoms with Crippen molar-refractivity contribution >= 4 is 23.5 Å². The van der Waals surface area contributed by atoms with Gasteiger partial charge in [0.25, 0.3) is 0 Å². The second kappa shape index (κ2) is 8.36. The van der Waals surface area contributed by atoms with E-state index in [1.807, 2.05) is 64.1 Å². The van der Waals surface area contributed by atoms with Gasteiger partial charge in [0, 0.05) is 6.61 Å². The molecule has 0 atom stereocenters. The van der Waals surface area contributed by atoms with E-state index in [0.717, 1.165) is 22.8 Å². The lowest BCUT2D eigenvalue weighted by Gasteiger charge is -2.32. The lowest BCUT2D eigenvalue weighted by Crippen LogP contribution is -2.41. The maximum Gasteiger partial charge on any atom is 0.525 e. The van der Waals surface area contributed by atoms with Crippen molar-refractivity contribution in [2.24, 2.45) is 0 Å². The topological polar surface area (TPSA) is 27.7 Å². The van der Waals surface area contributed by atoms with Crippen LogP contribution in [-0.4, -0.2) is 31.5 Å². The smallest absolute Gasteiger partial charge is 0.398 e. The molecule has 1 aliphatic heterocycles. The zero-order chi connectivity index (χ0) is 20.4. The number of halogens is 1. The molecule has 5 heteroatoms. The zero-order valence-electron chi connectivity index (χ0n) is 17.5.